The Morgan fingerprint density at radius 1 is 1.05 bits per heavy atom. The molecular weight excluding hydrogens is 259 g/mol. The Balaban J connectivity index is 2.20. The number of rotatable bonds is 5. The highest BCUT2D eigenvalue weighted by Crippen LogP contribution is 2.31. The average molecular weight is 276 g/mol. The van der Waals surface area contributed by atoms with Gasteiger partial charge in [-0.25, -0.2) is 4.39 Å². The second-order valence-corrected chi connectivity index (χ2v) is 4.45. The fourth-order valence-corrected chi connectivity index (χ4v) is 2.05. The average Bonchev–Trinajstić information content (AvgIpc) is 2.48. The van der Waals surface area contributed by atoms with Gasteiger partial charge in [0.2, 0.25) is 0 Å². The van der Waals surface area contributed by atoms with Gasteiger partial charge in [-0.1, -0.05) is 12.1 Å². The number of ether oxygens (including phenoxy) is 2. The summed E-state index contributed by atoms with van der Waals surface area (Å²) in [5, 5.41) is 10.3. The molecule has 4 heteroatoms. The van der Waals surface area contributed by atoms with E-state index in [1.54, 1.807) is 44.6 Å². The van der Waals surface area contributed by atoms with Gasteiger partial charge in [-0.05, 0) is 29.8 Å². The number of hydrogen-bond donors (Lipinski definition) is 1. The van der Waals surface area contributed by atoms with Crippen LogP contribution in [0.5, 0.6) is 11.5 Å². The van der Waals surface area contributed by atoms with E-state index in [1.807, 2.05) is 0 Å². The maximum atomic E-state index is 12.9. The van der Waals surface area contributed by atoms with Crippen LogP contribution in [-0.2, 0) is 6.42 Å². The van der Waals surface area contributed by atoms with Crippen molar-refractivity contribution in [2.75, 3.05) is 14.2 Å². The Labute approximate surface area is 117 Å². The molecule has 0 spiro atoms. The molecule has 2 aromatic rings. The van der Waals surface area contributed by atoms with Gasteiger partial charge in [0.25, 0.3) is 0 Å². The minimum Gasteiger partial charge on any atom is -0.497 e. The summed E-state index contributed by atoms with van der Waals surface area (Å²) in [6, 6.07) is 11.4. The molecule has 0 bridgehead atoms. The van der Waals surface area contributed by atoms with E-state index in [2.05, 4.69) is 0 Å². The lowest BCUT2D eigenvalue weighted by molar-refractivity contribution is 0.174. The summed E-state index contributed by atoms with van der Waals surface area (Å²) in [5.74, 6) is 0.948. The molecule has 0 saturated heterocycles. The fourth-order valence-electron chi connectivity index (χ4n) is 2.05. The summed E-state index contributed by atoms with van der Waals surface area (Å²) in [5.41, 5.74) is 1.54. The van der Waals surface area contributed by atoms with Gasteiger partial charge in [0.15, 0.2) is 0 Å². The summed E-state index contributed by atoms with van der Waals surface area (Å²) in [6.45, 7) is 0. The molecule has 0 radical (unpaired) electrons. The van der Waals surface area contributed by atoms with E-state index >= 15 is 0 Å². The number of hydrogen-bond acceptors (Lipinski definition) is 3. The largest absolute Gasteiger partial charge is 0.497 e. The molecule has 20 heavy (non-hydrogen) atoms. The molecule has 0 aromatic heterocycles. The zero-order chi connectivity index (χ0) is 14.5. The molecule has 106 valence electrons. The second kappa shape index (κ2) is 6.39. The third-order valence-electron chi connectivity index (χ3n) is 3.14. The van der Waals surface area contributed by atoms with E-state index in [4.69, 9.17) is 9.47 Å². The lowest BCUT2D eigenvalue weighted by atomic mass is 10.0. The van der Waals surface area contributed by atoms with E-state index in [-0.39, 0.29) is 5.82 Å². The Kier molecular flexibility index (Phi) is 4.58. The van der Waals surface area contributed by atoms with Crippen LogP contribution >= 0.6 is 0 Å². The molecular formula is C16H17FO3. The van der Waals surface area contributed by atoms with Gasteiger partial charge in [0.1, 0.15) is 17.3 Å². The summed E-state index contributed by atoms with van der Waals surface area (Å²) in [4.78, 5) is 0. The molecule has 3 nitrogen and oxygen atoms in total. The molecule has 0 fully saturated rings. The Morgan fingerprint density at radius 2 is 1.75 bits per heavy atom. The monoisotopic (exact) mass is 276 g/mol. The van der Waals surface area contributed by atoms with Gasteiger partial charge in [-0.2, -0.15) is 0 Å². The smallest absolute Gasteiger partial charge is 0.128 e. The van der Waals surface area contributed by atoms with E-state index in [9.17, 15) is 9.50 Å². The minimum atomic E-state index is -0.721. The molecule has 1 atom stereocenters. The summed E-state index contributed by atoms with van der Waals surface area (Å²) < 4.78 is 23.2. The van der Waals surface area contributed by atoms with Gasteiger partial charge in [-0.15, -0.1) is 0 Å². The summed E-state index contributed by atoms with van der Waals surface area (Å²) in [7, 11) is 3.12. The third-order valence-corrected chi connectivity index (χ3v) is 3.14. The number of methoxy groups -OCH3 is 2. The number of aliphatic hydroxyl groups excluding tert-OH is 1. The van der Waals surface area contributed by atoms with Crippen LogP contribution in [0.3, 0.4) is 0 Å². The Bertz CT molecular complexity index is 566. The van der Waals surface area contributed by atoms with Gasteiger partial charge in [-0.3, -0.25) is 0 Å². The van der Waals surface area contributed by atoms with E-state index < -0.39 is 6.10 Å². The molecule has 0 amide bonds. The van der Waals surface area contributed by atoms with Crippen LogP contribution < -0.4 is 9.47 Å². The zero-order valence-corrected chi connectivity index (χ0v) is 11.5. The molecule has 1 unspecified atom stereocenters. The standard InChI is InChI=1S/C16H17FO3/c1-19-13-7-8-14(16(10-13)20-2)15(18)9-11-3-5-12(17)6-4-11/h3-8,10,15,18H,9H2,1-2H3. The molecule has 2 aromatic carbocycles. The molecule has 0 aliphatic rings. The first kappa shape index (κ1) is 14.3. The maximum Gasteiger partial charge on any atom is 0.128 e. The first-order valence-electron chi connectivity index (χ1n) is 6.28. The van der Waals surface area contributed by atoms with Crippen LogP contribution in [0.4, 0.5) is 4.39 Å². The highest BCUT2D eigenvalue weighted by Gasteiger charge is 2.15. The van der Waals surface area contributed by atoms with E-state index in [1.165, 1.54) is 12.1 Å². The topological polar surface area (TPSA) is 38.7 Å². The zero-order valence-electron chi connectivity index (χ0n) is 11.5. The van der Waals surface area contributed by atoms with Gasteiger partial charge >= 0.3 is 0 Å². The first-order valence-corrected chi connectivity index (χ1v) is 6.28. The van der Waals surface area contributed by atoms with Crippen LogP contribution in [0.25, 0.3) is 0 Å². The molecule has 2 rings (SSSR count). The van der Waals surface area contributed by atoms with Crippen molar-refractivity contribution in [3.05, 3.63) is 59.4 Å². The quantitative estimate of drug-likeness (QED) is 0.912. The summed E-state index contributed by atoms with van der Waals surface area (Å²) in [6.07, 6.45) is -0.329. The number of halogens is 1. The first-order chi connectivity index (χ1) is 9.63. The van der Waals surface area contributed by atoms with Crippen molar-refractivity contribution in [3.8, 4) is 11.5 Å². The van der Waals surface area contributed by atoms with Crippen molar-refractivity contribution in [1.82, 2.24) is 0 Å². The molecule has 0 saturated carbocycles. The van der Waals surface area contributed by atoms with Gasteiger partial charge < -0.3 is 14.6 Å². The molecule has 1 N–H and O–H groups in total. The van der Waals surface area contributed by atoms with Crippen molar-refractivity contribution in [1.29, 1.82) is 0 Å². The van der Waals surface area contributed by atoms with Crippen molar-refractivity contribution in [3.63, 3.8) is 0 Å². The summed E-state index contributed by atoms with van der Waals surface area (Å²) >= 11 is 0. The SMILES string of the molecule is COc1ccc(C(O)Cc2ccc(F)cc2)c(OC)c1. The van der Waals surface area contributed by atoms with Crippen molar-refractivity contribution < 1.29 is 19.0 Å². The highest BCUT2D eigenvalue weighted by molar-refractivity contribution is 5.42. The van der Waals surface area contributed by atoms with Crippen LogP contribution in [0.15, 0.2) is 42.5 Å². The number of benzene rings is 2. The van der Waals surface area contributed by atoms with Crippen molar-refractivity contribution in [2.45, 2.75) is 12.5 Å². The van der Waals surface area contributed by atoms with Crippen LogP contribution in [0, 0.1) is 5.82 Å². The lowest BCUT2D eigenvalue weighted by Crippen LogP contribution is -2.04. The van der Waals surface area contributed by atoms with E-state index in [0.29, 0.717) is 23.5 Å². The predicted octanol–water partition coefficient (Wildman–Crippen LogP) is 3.12. The van der Waals surface area contributed by atoms with Crippen LogP contribution in [-0.4, -0.2) is 19.3 Å². The molecule has 0 aliphatic carbocycles. The van der Waals surface area contributed by atoms with Crippen molar-refractivity contribution in [2.24, 2.45) is 0 Å². The van der Waals surface area contributed by atoms with Crippen LogP contribution in [0.2, 0.25) is 0 Å². The Hall–Kier alpha value is -2.07. The second-order valence-electron chi connectivity index (χ2n) is 4.45. The van der Waals surface area contributed by atoms with E-state index in [0.717, 1.165) is 5.56 Å². The van der Waals surface area contributed by atoms with Crippen molar-refractivity contribution >= 4 is 0 Å². The minimum absolute atomic E-state index is 0.287. The van der Waals surface area contributed by atoms with Crippen LogP contribution in [0.1, 0.15) is 17.2 Å². The molecule has 0 aliphatic heterocycles. The Morgan fingerprint density at radius 3 is 2.35 bits per heavy atom. The maximum absolute atomic E-state index is 12.9. The van der Waals surface area contributed by atoms with Gasteiger partial charge in [0.05, 0.1) is 20.3 Å². The third kappa shape index (κ3) is 3.27. The van der Waals surface area contributed by atoms with Gasteiger partial charge in [0, 0.05) is 18.1 Å². The predicted molar refractivity (Wildman–Crippen MR) is 74.6 cm³/mol. The number of aliphatic hydroxyl groups is 1. The normalized spacial score (nSPS) is 12.0. The lowest BCUT2D eigenvalue weighted by Gasteiger charge is -2.16. The highest BCUT2D eigenvalue weighted by atomic mass is 19.1. The fraction of sp³-hybridized carbons (Fsp3) is 0.250. The molecule has 0 heterocycles.